The van der Waals surface area contributed by atoms with Gasteiger partial charge in [-0.2, -0.15) is 0 Å². The van der Waals surface area contributed by atoms with Gasteiger partial charge in [0, 0.05) is 0 Å². The predicted octanol–water partition coefficient (Wildman–Crippen LogP) is 5.20. The third kappa shape index (κ3) is 3.59. The Morgan fingerprint density at radius 3 is 2.67 bits per heavy atom. The molecule has 2 aromatic rings. The van der Waals surface area contributed by atoms with Crippen LogP contribution in [0.1, 0.15) is 18.1 Å². The molecule has 0 saturated carbocycles. The summed E-state index contributed by atoms with van der Waals surface area (Å²) in [6.45, 7) is 2.33. The third-order valence-electron chi connectivity index (χ3n) is 4.21. The summed E-state index contributed by atoms with van der Waals surface area (Å²) in [5.41, 5.74) is 2.60. The fourth-order valence-electron chi connectivity index (χ4n) is 2.90. The average molecular weight is 399 g/mol. The second-order valence-electron chi connectivity index (χ2n) is 5.88. The lowest BCUT2D eigenvalue weighted by Crippen LogP contribution is -1.98. The number of hydrogen-bond donors (Lipinski definition) is 0. The zero-order valence-corrected chi connectivity index (χ0v) is 16.6. The summed E-state index contributed by atoms with van der Waals surface area (Å²) in [7, 11) is 1.63. The van der Waals surface area contributed by atoms with Crippen molar-refractivity contribution >= 4 is 41.0 Å². The van der Waals surface area contributed by atoms with E-state index in [1.54, 1.807) is 18.9 Å². The first-order valence-electron chi connectivity index (χ1n) is 8.55. The van der Waals surface area contributed by atoms with Crippen LogP contribution in [0.5, 0.6) is 17.2 Å². The first kappa shape index (κ1) is 18.1. The molecule has 0 amide bonds. The molecule has 0 fully saturated rings. The van der Waals surface area contributed by atoms with Crippen molar-refractivity contribution in [2.24, 2.45) is 0 Å². The summed E-state index contributed by atoms with van der Waals surface area (Å²) in [6.07, 6.45) is 1.92. The molecule has 0 saturated heterocycles. The van der Waals surface area contributed by atoms with Gasteiger partial charge in [-0.25, -0.2) is 0 Å². The molecule has 2 heterocycles. The number of carbonyl (C=O) groups excluding carboxylic acids is 1. The molecule has 0 radical (unpaired) electrons. The number of ether oxygens (including phenoxy) is 3. The molecule has 4 nitrogen and oxygen atoms in total. The van der Waals surface area contributed by atoms with E-state index in [0.29, 0.717) is 5.75 Å². The van der Waals surface area contributed by atoms with Crippen molar-refractivity contribution in [2.45, 2.75) is 6.92 Å². The molecular weight excluding hydrogens is 380 g/mol. The molecule has 27 heavy (non-hydrogen) atoms. The second kappa shape index (κ2) is 7.74. The maximum absolute atomic E-state index is 13.1. The minimum Gasteiger partial charge on any atom is -0.497 e. The Bertz CT molecular complexity index is 945. The topological polar surface area (TPSA) is 44.8 Å². The molecule has 0 atom stereocenters. The van der Waals surface area contributed by atoms with Crippen LogP contribution in [0.25, 0.3) is 11.6 Å². The molecule has 2 aromatic carbocycles. The van der Waals surface area contributed by atoms with Gasteiger partial charge in [0.15, 0.2) is 11.5 Å². The zero-order valence-electron chi connectivity index (χ0n) is 15.0. The standard InChI is InChI=1S/C21H18O4S2/c1-3-26-21-19(14-5-7-15(23-2)8-6-14)20(22)18(27-21)11-13-4-9-16-17(10-13)25-12-24-16/h4-11H,3,12H2,1-2H3/b18-11-. The molecule has 2 aliphatic heterocycles. The molecular formula is C21H18O4S2. The summed E-state index contributed by atoms with van der Waals surface area (Å²) in [6, 6.07) is 13.4. The van der Waals surface area contributed by atoms with Crippen LogP contribution < -0.4 is 14.2 Å². The lowest BCUT2D eigenvalue weighted by molar-refractivity contribution is -0.109. The van der Waals surface area contributed by atoms with Gasteiger partial charge in [-0.1, -0.05) is 36.9 Å². The average Bonchev–Trinajstić information content (AvgIpc) is 3.27. The Labute approximate surface area is 166 Å². The van der Waals surface area contributed by atoms with Crippen molar-refractivity contribution in [3.63, 3.8) is 0 Å². The normalized spacial score (nSPS) is 17.1. The van der Waals surface area contributed by atoms with Crippen molar-refractivity contribution in [3.8, 4) is 17.2 Å². The van der Waals surface area contributed by atoms with Crippen LogP contribution >= 0.6 is 23.5 Å². The van der Waals surface area contributed by atoms with Crippen LogP contribution in [0.2, 0.25) is 0 Å². The molecule has 0 unspecified atom stereocenters. The van der Waals surface area contributed by atoms with Gasteiger partial charge < -0.3 is 14.2 Å². The molecule has 6 heteroatoms. The number of benzene rings is 2. The van der Waals surface area contributed by atoms with Gasteiger partial charge in [-0.15, -0.1) is 11.8 Å². The summed E-state index contributed by atoms with van der Waals surface area (Å²) < 4.78 is 17.0. The maximum atomic E-state index is 13.1. The SMILES string of the molecule is CCSC1=C(c2ccc(OC)cc2)C(=O)/C(=C/c2ccc3c(c2)OCO3)S1. The summed E-state index contributed by atoms with van der Waals surface area (Å²) in [5.74, 6) is 3.19. The maximum Gasteiger partial charge on any atom is 0.231 e. The van der Waals surface area contributed by atoms with Crippen molar-refractivity contribution in [3.05, 3.63) is 62.7 Å². The number of fused-ring (bicyclic) bond motifs is 1. The molecule has 2 aliphatic rings. The van der Waals surface area contributed by atoms with Crippen molar-refractivity contribution in [1.29, 1.82) is 0 Å². The van der Waals surface area contributed by atoms with E-state index >= 15 is 0 Å². The highest BCUT2D eigenvalue weighted by Gasteiger charge is 2.30. The first-order valence-corrected chi connectivity index (χ1v) is 10.3. The van der Waals surface area contributed by atoms with E-state index < -0.39 is 0 Å². The molecule has 138 valence electrons. The number of rotatable bonds is 5. The number of ketones is 1. The third-order valence-corrected chi connectivity index (χ3v) is 6.48. The fraction of sp³-hybridized carbons (Fsp3) is 0.190. The number of Topliss-reactive ketones (excluding diaryl/α,β-unsaturated/α-hetero) is 1. The zero-order chi connectivity index (χ0) is 18.8. The molecule has 0 bridgehead atoms. The van der Waals surface area contributed by atoms with Crippen LogP contribution in [-0.2, 0) is 4.79 Å². The van der Waals surface area contributed by atoms with Gasteiger partial charge >= 0.3 is 0 Å². The van der Waals surface area contributed by atoms with Gasteiger partial charge in [-0.05, 0) is 47.2 Å². The van der Waals surface area contributed by atoms with Crippen LogP contribution in [0.4, 0.5) is 0 Å². The molecule has 0 N–H and O–H groups in total. The van der Waals surface area contributed by atoms with Crippen LogP contribution in [-0.4, -0.2) is 25.4 Å². The van der Waals surface area contributed by atoms with Crippen LogP contribution in [0.15, 0.2) is 51.6 Å². The molecule has 0 aliphatic carbocycles. The highest BCUT2D eigenvalue weighted by Crippen LogP contribution is 2.49. The van der Waals surface area contributed by atoms with Crippen LogP contribution in [0.3, 0.4) is 0 Å². The minimum atomic E-state index is 0.0544. The fourth-order valence-corrected chi connectivity index (χ4v) is 5.28. The van der Waals surface area contributed by atoms with E-state index in [-0.39, 0.29) is 12.6 Å². The van der Waals surface area contributed by atoms with E-state index in [9.17, 15) is 4.79 Å². The van der Waals surface area contributed by atoms with Crippen molar-refractivity contribution in [2.75, 3.05) is 19.7 Å². The van der Waals surface area contributed by atoms with E-state index in [2.05, 4.69) is 6.92 Å². The van der Waals surface area contributed by atoms with E-state index in [4.69, 9.17) is 14.2 Å². The van der Waals surface area contributed by atoms with Crippen LogP contribution in [0, 0.1) is 0 Å². The van der Waals surface area contributed by atoms with Gasteiger partial charge in [0.25, 0.3) is 0 Å². The van der Waals surface area contributed by atoms with E-state index in [1.807, 2.05) is 48.5 Å². The number of carbonyl (C=O) groups is 1. The predicted molar refractivity (Wildman–Crippen MR) is 111 cm³/mol. The lowest BCUT2D eigenvalue weighted by atomic mass is 10.0. The second-order valence-corrected chi connectivity index (χ2v) is 8.46. The van der Waals surface area contributed by atoms with Gasteiger partial charge in [0.1, 0.15) is 5.75 Å². The van der Waals surface area contributed by atoms with Crippen molar-refractivity contribution in [1.82, 2.24) is 0 Å². The quantitative estimate of drug-likeness (QED) is 0.645. The minimum absolute atomic E-state index is 0.0544. The number of thioether (sulfide) groups is 2. The van der Waals surface area contributed by atoms with Crippen molar-refractivity contribution < 1.29 is 19.0 Å². The Balaban J connectivity index is 1.66. The highest BCUT2D eigenvalue weighted by molar-refractivity contribution is 8.25. The summed E-state index contributed by atoms with van der Waals surface area (Å²) >= 11 is 3.23. The Morgan fingerprint density at radius 2 is 1.93 bits per heavy atom. The number of methoxy groups -OCH3 is 1. The highest BCUT2D eigenvalue weighted by atomic mass is 32.2. The van der Waals surface area contributed by atoms with E-state index in [0.717, 1.165) is 43.1 Å². The monoisotopic (exact) mass is 398 g/mol. The molecule has 4 rings (SSSR count). The van der Waals surface area contributed by atoms with Gasteiger partial charge in [0.05, 0.1) is 21.8 Å². The first-order chi connectivity index (χ1) is 13.2. The summed E-state index contributed by atoms with van der Waals surface area (Å²) in [4.78, 5) is 13.9. The molecule has 0 aromatic heterocycles. The summed E-state index contributed by atoms with van der Waals surface area (Å²) in [5, 5.41) is 0. The lowest BCUT2D eigenvalue weighted by Gasteiger charge is -2.05. The van der Waals surface area contributed by atoms with Gasteiger partial charge in [0.2, 0.25) is 12.6 Å². The Kier molecular flexibility index (Phi) is 5.18. The number of allylic oxidation sites excluding steroid dienone is 2. The Hall–Kier alpha value is -2.31. The smallest absolute Gasteiger partial charge is 0.231 e. The van der Waals surface area contributed by atoms with Gasteiger partial charge in [-0.3, -0.25) is 4.79 Å². The number of hydrogen-bond acceptors (Lipinski definition) is 6. The largest absolute Gasteiger partial charge is 0.497 e. The molecule has 0 spiro atoms. The Morgan fingerprint density at radius 1 is 1.15 bits per heavy atom. The van der Waals surface area contributed by atoms with E-state index in [1.165, 1.54) is 11.8 Å².